The number of piperidine rings is 1. The Kier molecular flexibility index (Phi) is 6.29. The van der Waals surface area contributed by atoms with Gasteiger partial charge in [0, 0.05) is 55.6 Å². The summed E-state index contributed by atoms with van der Waals surface area (Å²) < 4.78 is 33.1. The van der Waals surface area contributed by atoms with E-state index in [4.69, 9.17) is 10.2 Å². The van der Waals surface area contributed by atoms with Gasteiger partial charge in [0.1, 0.15) is 28.6 Å². The van der Waals surface area contributed by atoms with Crippen molar-refractivity contribution in [1.82, 2.24) is 4.90 Å². The zero-order valence-corrected chi connectivity index (χ0v) is 21.9. The average molecular weight is 573 g/mol. The Morgan fingerprint density at radius 3 is 2.49 bits per heavy atom. The molecule has 0 radical (unpaired) electrons. The molecule has 6 rings (SSSR count). The molecule has 1 amide bonds. The van der Waals surface area contributed by atoms with E-state index in [-0.39, 0.29) is 62.1 Å². The summed E-state index contributed by atoms with van der Waals surface area (Å²) in [5.74, 6) is -11.6. The molecule has 3 unspecified atom stereocenters. The first-order valence-electron chi connectivity index (χ1n) is 13.5. The first-order chi connectivity index (χ1) is 19.3. The number of carbonyl (C=O) groups excluding carboxylic acids is 2. The second-order valence-electron chi connectivity index (χ2n) is 11.5. The van der Waals surface area contributed by atoms with Gasteiger partial charge in [-0.1, -0.05) is 0 Å². The van der Waals surface area contributed by atoms with E-state index < -0.39 is 58.2 Å². The van der Waals surface area contributed by atoms with E-state index in [1.54, 1.807) is 12.1 Å². The lowest BCUT2D eigenvalue weighted by Gasteiger charge is -2.46. The van der Waals surface area contributed by atoms with Crippen LogP contribution in [-0.2, 0) is 17.8 Å². The van der Waals surface area contributed by atoms with Crippen LogP contribution in [0.5, 0.6) is 5.75 Å². The highest BCUT2D eigenvalue weighted by Crippen LogP contribution is 2.54. The van der Waals surface area contributed by atoms with Gasteiger partial charge in [0.2, 0.25) is 5.79 Å². The summed E-state index contributed by atoms with van der Waals surface area (Å²) in [6.07, 6.45) is 1.19. The largest absolute Gasteiger partial charge is 0.512 e. The van der Waals surface area contributed by atoms with E-state index in [0.29, 0.717) is 23.4 Å². The molecule has 0 spiro atoms. The number of allylic oxidation sites excluding steroid dienone is 2. The van der Waals surface area contributed by atoms with Gasteiger partial charge < -0.3 is 35.7 Å². The number of nitrogens with zero attached hydrogens (tertiary/aromatic N) is 1. The Morgan fingerprint density at radius 2 is 1.80 bits per heavy atom. The summed E-state index contributed by atoms with van der Waals surface area (Å²) in [5, 5.41) is 54.1. The number of benzene rings is 1. The fourth-order valence-corrected chi connectivity index (χ4v) is 7.14. The molecule has 0 bridgehead atoms. The molecule has 3 aliphatic carbocycles. The van der Waals surface area contributed by atoms with Gasteiger partial charge in [-0.3, -0.25) is 14.5 Å². The summed E-state index contributed by atoms with van der Waals surface area (Å²) in [7, 11) is 0. The molecule has 2 aromatic rings. The van der Waals surface area contributed by atoms with Crippen LogP contribution in [0.1, 0.15) is 47.2 Å². The number of carbonyl (C=O) groups is 2. The van der Waals surface area contributed by atoms with Gasteiger partial charge >= 0.3 is 0 Å². The molecule has 0 saturated carbocycles. The first kappa shape index (κ1) is 27.4. The quantitative estimate of drug-likeness (QED) is 0.301. The lowest BCUT2D eigenvalue weighted by Crippen LogP contribution is -2.54. The van der Waals surface area contributed by atoms with Crippen LogP contribution in [0.25, 0.3) is 11.3 Å². The molecule has 1 aromatic heterocycles. The van der Waals surface area contributed by atoms with Crippen molar-refractivity contribution in [2.45, 2.75) is 50.4 Å². The van der Waals surface area contributed by atoms with Crippen molar-refractivity contribution in [3.05, 3.63) is 63.8 Å². The fraction of sp³-hybridized carbons (Fsp3) is 0.448. The molecular formula is C29H30F2N2O8. The van der Waals surface area contributed by atoms with Gasteiger partial charge in [0.05, 0.1) is 17.7 Å². The first-order valence-corrected chi connectivity index (χ1v) is 13.5. The van der Waals surface area contributed by atoms with E-state index in [2.05, 4.69) is 0 Å². The SMILES string of the molecule is NC(=O)C1=C(O)CC2CC3Cc4c(-c5occc5CN5CCC(F)(F)CC5)ccc(O)c4C(=O)C3=C(O)C2C1(O)O. The van der Waals surface area contributed by atoms with Crippen LogP contribution < -0.4 is 5.73 Å². The smallest absolute Gasteiger partial charge is 0.253 e. The van der Waals surface area contributed by atoms with Crippen LogP contribution in [-0.4, -0.2) is 66.9 Å². The van der Waals surface area contributed by atoms with E-state index in [0.717, 1.165) is 5.56 Å². The highest BCUT2D eigenvalue weighted by atomic mass is 19.3. The van der Waals surface area contributed by atoms with Crippen LogP contribution >= 0.6 is 0 Å². The molecule has 1 aromatic carbocycles. The van der Waals surface area contributed by atoms with Crippen molar-refractivity contribution in [2.24, 2.45) is 23.5 Å². The minimum absolute atomic E-state index is 0.0653. The highest BCUT2D eigenvalue weighted by molar-refractivity contribution is 6.14. The number of phenolic OH excluding ortho intramolecular Hbond substituents is 1. The monoisotopic (exact) mass is 572 g/mol. The van der Waals surface area contributed by atoms with Gasteiger partial charge in [-0.15, -0.1) is 0 Å². The van der Waals surface area contributed by atoms with Gasteiger partial charge in [-0.25, -0.2) is 8.78 Å². The number of ketones is 1. The van der Waals surface area contributed by atoms with Crippen molar-refractivity contribution < 1.29 is 48.3 Å². The van der Waals surface area contributed by atoms with Crippen molar-refractivity contribution >= 4 is 11.7 Å². The molecule has 41 heavy (non-hydrogen) atoms. The van der Waals surface area contributed by atoms with Crippen molar-refractivity contribution in [1.29, 1.82) is 0 Å². The number of nitrogens with two attached hydrogens (primary N) is 1. The Bertz CT molecular complexity index is 1510. The van der Waals surface area contributed by atoms with Gasteiger partial charge in [0.25, 0.3) is 11.8 Å². The number of hydrogen-bond acceptors (Lipinski definition) is 9. The predicted octanol–water partition coefficient (Wildman–Crippen LogP) is 3.07. The number of phenols is 1. The number of fused-ring (bicyclic) bond motifs is 3. The van der Waals surface area contributed by atoms with E-state index in [1.807, 2.05) is 4.90 Å². The number of aromatic hydroxyl groups is 1. The molecule has 10 nitrogen and oxygen atoms in total. The summed E-state index contributed by atoms with van der Waals surface area (Å²) in [5.41, 5.74) is 6.02. The zero-order chi connectivity index (χ0) is 29.4. The number of Topliss-reactive ketones (excluding diaryl/α,β-unsaturated/α-hetero) is 1. The Morgan fingerprint density at radius 1 is 1.10 bits per heavy atom. The van der Waals surface area contributed by atoms with E-state index in [1.165, 1.54) is 12.3 Å². The van der Waals surface area contributed by atoms with Crippen LogP contribution in [0.15, 0.2) is 51.5 Å². The summed E-state index contributed by atoms with van der Waals surface area (Å²) in [4.78, 5) is 27.6. The number of primary amides is 1. The number of furan rings is 1. The number of aliphatic hydroxyl groups excluding tert-OH is 2. The number of amides is 1. The fourth-order valence-electron chi connectivity index (χ4n) is 7.14. The third-order valence-electron chi connectivity index (χ3n) is 9.02. The summed E-state index contributed by atoms with van der Waals surface area (Å²) in [6, 6.07) is 4.69. The number of halogens is 2. The molecule has 1 saturated heterocycles. The summed E-state index contributed by atoms with van der Waals surface area (Å²) in [6.45, 7) is 0.795. The lowest BCUT2D eigenvalue weighted by atomic mass is 9.60. The van der Waals surface area contributed by atoms with E-state index >= 15 is 0 Å². The van der Waals surface area contributed by atoms with Gasteiger partial charge in [-0.05, 0) is 48.4 Å². The Labute approximate surface area is 233 Å². The summed E-state index contributed by atoms with van der Waals surface area (Å²) >= 11 is 0. The number of likely N-dealkylation sites (tertiary alicyclic amines) is 1. The molecule has 218 valence electrons. The molecule has 7 N–H and O–H groups in total. The molecule has 3 atom stereocenters. The predicted molar refractivity (Wildman–Crippen MR) is 139 cm³/mol. The lowest BCUT2D eigenvalue weighted by molar-refractivity contribution is -0.194. The molecule has 1 fully saturated rings. The maximum atomic E-state index is 13.8. The normalized spacial score (nSPS) is 27.3. The minimum atomic E-state index is -3.01. The number of alkyl halides is 2. The number of aliphatic hydroxyl groups is 4. The van der Waals surface area contributed by atoms with Crippen molar-refractivity contribution in [3.63, 3.8) is 0 Å². The van der Waals surface area contributed by atoms with Crippen LogP contribution in [0.3, 0.4) is 0 Å². The molecular weight excluding hydrogens is 542 g/mol. The second kappa shape index (κ2) is 9.40. The minimum Gasteiger partial charge on any atom is -0.512 e. The van der Waals surface area contributed by atoms with Crippen LogP contribution in [0.4, 0.5) is 8.78 Å². The van der Waals surface area contributed by atoms with Gasteiger partial charge in [0.15, 0.2) is 5.78 Å². The average Bonchev–Trinajstić information content (AvgIpc) is 3.32. The van der Waals surface area contributed by atoms with Crippen LogP contribution in [0.2, 0.25) is 0 Å². The van der Waals surface area contributed by atoms with Crippen molar-refractivity contribution in [3.8, 4) is 17.1 Å². The van der Waals surface area contributed by atoms with Gasteiger partial charge in [-0.2, -0.15) is 0 Å². The molecule has 4 aliphatic rings. The molecule has 12 heteroatoms. The molecule has 2 heterocycles. The maximum absolute atomic E-state index is 13.8. The third-order valence-corrected chi connectivity index (χ3v) is 9.02. The number of hydrogen-bond donors (Lipinski definition) is 6. The van der Waals surface area contributed by atoms with Crippen LogP contribution in [0, 0.1) is 17.8 Å². The topological polar surface area (TPSA) is 178 Å². The second-order valence-corrected chi connectivity index (χ2v) is 11.5. The highest BCUT2D eigenvalue weighted by Gasteiger charge is 2.57. The standard InChI is InChI=1S/C29H30F2N2O8/c30-28(31)4-6-33(7-5-28)12-13-3-8-41-26(13)16-1-2-18(34)21-17(16)10-14-9-15-11-19(35)23(27(32)38)29(39,40)22(15)25(37)20(14)24(21)36/h1-3,8,14-15,22,34-35,37,39-40H,4-7,9-12H2,(H2,32,38). The van der Waals surface area contributed by atoms with Crippen molar-refractivity contribution in [2.75, 3.05) is 13.1 Å². The maximum Gasteiger partial charge on any atom is 0.253 e. The number of rotatable bonds is 4. The third kappa shape index (κ3) is 4.32. The molecule has 1 aliphatic heterocycles. The Hall–Kier alpha value is -3.74. The zero-order valence-electron chi connectivity index (χ0n) is 21.9. The van der Waals surface area contributed by atoms with E-state index in [9.17, 15) is 43.9 Å². The Balaban J connectivity index is 1.38.